The van der Waals surface area contributed by atoms with Gasteiger partial charge in [-0.25, -0.2) is 18.7 Å². The lowest BCUT2D eigenvalue weighted by Gasteiger charge is -2.31. The van der Waals surface area contributed by atoms with Gasteiger partial charge in [0.05, 0.1) is 12.2 Å². The Bertz CT molecular complexity index is 1440. The Labute approximate surface area is 243 Å². The largest absolute Gasteiger partial charge is 0.350 e. The summed E-state index contributed by atoms with van der Waals surface area (Å²) in [5.41, 5.74) is 3.82. The minimum Gasteiger partial charge on any atom is -0.350 e. The fraction of sp³-hybridized carbons (Fsp3) is 0.379. The zero-order valence-corrected chi connectivity index (χ0v) is 24.3. The highest BCUT2D eigenvalue weighted by Crippen LogP contribution is 2.45. The summed E-state index contributed by atoms with van der Waals surface area (Å²) >= 11 is 7.39. The fourth-order valence-corrected chi connectivity index (χ4v) is 8.85. The lowest BCUT2D eigenvalue weighted by molar-refractivity contribution is -0.200. The minimum atomic E-state index is -3.89. The van der Waals surface area contributed by atoms with Crippen molar-refractivity contribution < 1.29 is 27.6 Å². The van der Waals surface area contributed by atoms with Crippen LogP contribution in [0.5, 0.6) is 0 Å². The monoisotopic (exact) mass is 602 g/mol. The van der Waals surface area contributed by atoms with Crippen LogP contribution in [0.3, 0.4) is 0 Å². The lowest BCUT2D eigenvalue weighted by atomic mass is 9.97. The van der Waals surface area contributed by atoms with Crippen LogP contribution in [0.4, 0.5) is 0 Å². The number of carbonyl (C=O) groups excluding carboxylic acids is 2. The number of amides is 2. The van der Waals surface area contributed by atoms with Crippen molar-refractivity contribution in [1.82, 2.24) is 10.4 Å². The molecule has 2 aromatic carbocycles. The highest BCUT2D eigenvalue weighted by Gasteiger charge is 2.50. The smallest absolute Gasteiger partial charge is 0.253 e. The zero-order chi connectivity index (χ0) is 28.2. The van der Waals surface area contributed by atoms with E-state index < -0.39 is 26.8 Å². The van der Waals surface area contributed by atoms with E-state index in [4.69, 9.17) is 21.2 Å². The summed E-state index contributed by atoms with van der Waals surface area (Å²) in [5.74, 6) is -1.05. The Balaban J connectivity index is 1.45. The third kappa shape index (κ3) is 6.26. The molecule has 1 aromatic heterocycles. The predicted molar refractivity (Wildman–Crippen MR) is 155 cm³/mol. The number of hydroxylamine groups is 1. The molecule has 2 saturated heterocycles. The normalized spacial score (nSPS) is 22.8. The highest BCUT2D eigenvalue weighted by molar-refractivity contribution is 7.92. The first-order valence-corrected chi connectivity index (χ1v) is 16.1. The zero-order valence-electron chi connectivity index (χ0n) is 21.9. The molecule has 2 aliphatic rings. The van der Waals surface area contributed by atoms with Crippen molar-refractivity contribution in [2.75, 3.05) is 25.4 Å². The van der Waals surface area contributed by atoms with E-state index in [-0.39, 0.29) is 37.6 Å². The maximum Gasteiger partial charge on any atom is 0.253 e. The van der Waals surface area contributed by atoms with Gasteiger partial charge in [0.2, 0.25) is 5.91 Å². The van der Waals surface area contributed by atoms with Crippen LogP contribution in [0, 0.1) is 0 Å². The summed E-state index contributed by atoms with van der Waals surface area (Å²) in [4.78, 5) is 34.9. The molecule has 8 nitrogen and oxygen atoms in total. The Morgan fingerprint density at radius 2 is 1.82 bits per heavy atom. The molecule has 0 saturated carbocycles. The van der Waals surface area contributed by atoms with Crippen molar-refractivity contribution in [2.45, 2.75) is 43.1 Å². The number of thiophene rings is 1. The molecule has 2 amide bonds. The van der Waals surface area contributed by atoms with Gasteiger partial charge in [-0.2, -0.15) is 0 Å². The molecule has 2 aliphatic heterocycles. The summed E-state index contributed by atoms with van der Waals surface area (Å²) in [6, 6.07) is 19.7. The van der Waals surface area contributed by atoms with Gasteiger partial charge in [-0.1, -0.05) is 41.9 Å². The van der Waals surface area contributed by atoms with Gasteiger partial charge in [0.1, 0.15) is 4.75 Å². The van der Waals surface area contributed by atoms with E-state index in [2.05, 4.69) is 5.48 Å². The molecule has 0 spiro atoms. The second-order valence-electron chi connectivity index (χ2n) is 10.0. The predicted octanol–water partition coefficient (Wildman–Crippen LogP) is 5.19. The highest BCUT2D eigenvalue weighted by atomic mass is 35.5. The van der Waals surface area contributed by atoms with Crippen LogP contribution in [0.15, 0.2) is 66.7 Å². The van der Waals surface area contributed by atoms with Crippen LogP contribution in [-0.4, -0.2) is 56.9 Å². The molecule has 1 N–H and O–H groups in total. The molecule has 2 atom stereocenters. The summed E-state index contributed by atoms with van der Waals surface area (Å²) in [5, 5.41) is 0.602. The van der Waals surface area contributed by atoms with Crippen LogP contribution in [0.25, 0.3) is 10.4 Å². The first kappa shape index (κ1) is 28.8. The van der Waals surface area contributed by atoms with Crippen LogP contribution in [-0.2, 0) is 29.0 Å². The average Bonchev–Trinajstić information content (AvgIpc) is 3.42. The minimum absolute atomic E-state index is 0.0429. The maximum atomic E-state index is 14.1. The first-order chi connectivity index (χ1) is 19.3. The molecule has 0 radical (unpaired) electrons. The quantitative estimate of drug-likeness (QED) is 0.374. The molecule has 2 fully saturated rings. The second-order valence-corrected chi connectivity index (χ2v) is 13.9. The van der Waals surface area contributed by atoms with Gasteiger partial charge in [-0.05, 0) is 61.2 Å². The van der Waals surface area contributed by atoms with E-state index in [1.54, 1.807) is 47.4 Å². The molecular weight excluding hydrogens is 572 g/mol. The number of halogens is 1. The number of nitrogens with one attached hydrogen (secondary N) is 1. The second kappa shape index (κ2) is 12.4. The number of nitrogens with zero attached hydrogens (tertiary/aromatic N) is 1. The van der Waals surface area contributed by atoms with E-state index in [0.29, 0.717) is 28.5 Å². The van der Waals surface area contributed by atoms with Crippen LogP contribution >= 0.6 is 22.9 Å². The maximum absolute atomic E-state index is 14.1. The van der Waals surface area contributed by atoms with Crippen LogP contribution < -0.4 is 5.48 Å². The van der Waals surface area contributed by atoms with E-state index >= 15 is 0 Å². The van der Waals surface area contributed by atoms with Gasteiger partial charge in [-0.15, -0.1) is 11.3 Å². The van der Waals surface area contributed by atoms with E-state index in [1.165, 1.54) is 11.3 Å². The van der Waals surface area contributed by atoms with Gasteiger partial charge < -0.3 is 9.64 Å². The SMILES string of the molecule is O=C(C[C@]1(c2ccc(-c3ccc(Cl)cc3)s2)CCN(C(=O)c2ccccc2)CCS1(=O)=O)NOC1CCCCO1. The van der Waals surface area contributed by atoms with Crippen LogP contribution in [0.2, 0.25) is 5.02 Å². The number of hydrogen-bond acceptors (Lipinski definition) is 7. The number of rotatable bonds is 7. The molecule has 3 heterocycles. The van der Waals surface area contributed by atoms with E-state index in [9.17, 15) is 18.0 Å². The fourth-order valence-electron chi connectivity index (χ4n) is 5.12. The van der Waals surface area contributed by atoms with Crippen molar-refractivity contribution in [1.29, 1.82) is 0 Å². The van der Waals surface area contributed by atoms with Gasteiger partial charge >= 0.3 is 0 Å². The number of carbonyl (C=O) groups is 2. The van der Waals surface area contributed by atoms with Gasteiger partial charge in [0.15, 0.2) is 16.1 Å². The number of ether oxygens (including phenoxy) is 1. The molecule has 0 aliphatic carbocycles. The van der Waals surface area contributed by atoms with Gasteiger partial charge in [-0.3, -0.25) is 9.59 Å². The number of hydrogen-bond donors (Lipinski definition) is 1. The Kier molecular flexibility index (Phi) is 8.92. The molecule has 11 heteroatoms. The molecular formula is C29H31ClN2O6S2. The van der Waals surface area contributed by atoms with Crippen molar-refractivity contribution in [3.8, 4) is 10.4 Å². The first-order valence-electron chi connectivity index (χ1n) is 13.3. The van der Waals surface area contributed by atoms with Crippen LogP contribution in [0.1, 0.15) is 47.3 Å². The Morgan fingerprint density at radius 3 is 2.55 bits per heavy atom. The average molecular weight is 603 g/mol. The molecule has 1 unspecified atom stereocenters. The van der Waals surface area contributed by atoms with Crippen molar-refractivity contribution in [2.24, 2.45) is 0 Å². The number of sulfone groups is 1. The third-order valence-corrected chi connectivity index (χ3v) is 11.6. The van der Waals surface area contributed by atoms with E-state index in [1.807, 2.05) is 24.3 Å². The van der Waals surface area contributed by atoms with Gasteiger partial charge in [0, 0.05) is 46.5 Å². The number of benzene rings is 2. The Hall–Kier alpha value is -2.76. The summed E-state index contributed by atoms with van der Waals surface area (Å²) < 4.78 is 32.1. The third-order valence-electron chi connectivity index (χ3n) is 7.39. The molecule has 0 bridgehead atoms. The summed E-state index contributed by atoms with van der Waals surface area (Å²) in [6.07, 6.45) is 1.68. The van der Waals surface area contributed by atoms with Crippen molar-refractivity contribution >= 4 is 44.6 Å². The van der Waals surface area contributed by atoms with Crippen molar-refractivity contribution in [3.63, 3.8) is 0 Å². The lowest BCUT2D eigenvalue weighted by Crippen LogP contribution is -2.43. The van der Waals surface area contributed by atoms with Crippen molar-refractivity contribution in [3.05, 3.63) is 82.2 Å². The Morgan fingerprint density at radius 1 is 1.05 bits per heavy atom. The molecule has 212 valence electrons. The van der Waals surface area contributed by atoms with Gasteiger partial charge in [0.25, 0.3) is 5.91 Å². The topological polar surface area (TPSA) is 102 Å². The van der Waals surface area contributed by atoms with E-state index in [0.717, 1.165) is 23.3 Å². The molecule has 3 aromatic rings. The standard InChI is InChI=1S/C29H31ClN2O6S2/c30-23-11-9-21(10-12-23)24-13-14-25(39-24)29(20-26(33)31-38-27-8-4-5-18-37-27)15-16-32(17-19-40(29,35)36)28(34)22-6-2-1-3-7-22/h1-3,6-7,9-14,27H,4-5,8,15-20H2,(H,31,33)/t27?,29-/m0/s1. The summed E-state index contributed by atoms with van der Waals surface area (Å²) in [6.45, 7) is 0.773. The summed E-state index contributed by atoms with van der Waals surface area (Å²) in [7, 11) is -3.89. The molecule has 40 heavy (non-hydrogen) atoms. The molecule has 5 rings (SSSR count).